The highest BCUT2D eigenvalue weighted by Crippen LogP contribution is 2.19. The average molecular weight is 257 g/mol. The first kappa shape index (κ1) is 14.1. The number of nitrogens with zero attached hydrogens (tertiary/aromatic N) is 3. The zero-order valence-corrected chi connectivity index (χ0v) is 11.6. The molecule has 0 aromatic carbocycles. The van der Waals surface area contributed by atoms with Crippen molar-refractivity contribution < 1.29 is 9.53 Å². The number of amides is 1. The van der Waals surface area contributed by atoms with Crippen LogP contribution in [0, 0.1) is 0 Å². The van der Waals surface area contributed by atoms with E-state index in [1.807, 2.05) is 20.8 Å². The summed E-state index contributed by atoms with van der Waals surface area (Å²) in [7, 11) is 1.63. The first-order valence-electron chi connectivity index (χ1n) is 5.71. The SMILES string of the molecule is CCN(CCOC)C(=O)c1nnc(C(C)C)s1. The number of aromatic nitrogens is 2. The molecule has 0 unspecified atom stereocenters. The van der Waals surface area contributed by atoms with Crippen molar-refractivity contribution in [3.8, 4) is 0 Å². The van der Waals surface area contributed by atoms with E-state index >= 15 is 0 Å². The van der Waals surface area contributed by atoms with Crippen LogP contribution in [0.4, 0.5) is 0 Å². The lowest BCUT2D eigenvalue weighted by Gasteiger charge is -2.18. The number of likely N-dealkylation sites (N-methyl/N-ethyl adjacent to an activating group) is 1. The number of methoxy groups -OCH3 is 1. The van der Waals surface area contributed by atoms with Gasteiger partial charge in [0.2, 0.25) is 5.01 Å². The van der Waals surface area contributed by atoms with Gasteiger partial charge in [-0.05, 0) is 6.92 Å². The van der Waals surface area contributed by atoms with Crippen LogP contribution in [0.5, 0.6) is 0 Å². The summed E-state index contributed by atoms with van der Waals surface area (Å²) >= 11 is 1.37. The molecule has 6 heteroatoms. The van der Waals surface area contributed by atoms with E-state index in [0.29, 0.717) is 30.6 Å². The molecule has 0 atom stereocenters. The zero-order valence-electron chi connectivity index (χ0n) is 10.8. The lowest BCUT2D eigenvalue weighted by molar-refractivity contribution is 0.0705. The molecule has 0 bridgehead atoms. The molecular formula is C11H19N3O2S. The van der Waals surface area contributed by atoms with Crippen molar-refractivity contribution in [3.05, 3.63) is 10.0 Å². The first-order valence-corrected chi connectivity index (χ1v) is 6.53. The molecule has 1 rings (SSSR count). The molecule has 17 heavy (non-hydrogen) atoms. The molecule has 0 N–H and O–H groups in total. The van der Waals surface area contributed by atoms with Gasteiger partial charge in [-0.3, -0.25) is 4.79 Å². The molecule has 0 fully saturated rings. The van der Waals surface area contributed by atoms with E-state index < -0.39 is 0 Å². The molecule has 1 aromatic rings. The van der Waals surface area contributed by atoms with Gasteiger partial charge in [-0.1, -0.05) is 25.2 Å². The van der Waals surface area contributed by atoms with E-state index in [1.54, 1.807) is 12.0 Å². The Balaban J connectivity index is 2.72. The number of rotatable bonds is 6. The van der Waals surface area contributed by atoms with Crippen LogP contribution >= 0.6 is 11.3 Å². The summed E-state index contributed by atoms with van der Waals surface area (Å²) in [5, 5.41) is 9.34. The minimum absolute atomic E-state index is 0.0612. The van der Waals surface area contributed by atoms with Crippen molar-refractivity contribution in [1.82, 2.24) is 15.1 Å². The molecule has 1 amide bonds. The van der Waals surface area contributed by atoms with Crippen LogP contribution in [0.2, 0.25) is 0 Å². The van der Waals surface area contributed by atoms with E-state index in [4.69, 9.17) is 4.74 Å². The highest BCUT2D eigenvalue weighted by Gasteiger charge is 2.19. The smallest absolute Gasteiger partial charge is 0.284 e. The minimum Gasteiger partial charge on any atom is -0.383 e. The molecule has 0 spiro atoms. The summed E-state index contributed by atoms with van der Waals surface area (Å²) in [6.45, 7) is 7.79. The highest BCUT2D eigenvalue weighted by atomic mass is 32.1. The van der Waals surface area contributed by atoms with Gasteiger partial charge < -0.3 is 9.64 Å². The van der Waals surface area contributed by atoms with Crippen LogP contribution in [0.1, 0.15) is 41.5 Å². The third-order valence-corrected chi connectivity index (χ3v) is 3.56. The Morgan fingerprint density at radius 3 is 2.65 bits per heavy atom. The second-order valence-corrected chi connectivity index (χ2v) is 4.99. The largest absolute Gasteiger partial charge is 0.383 e. The fourth-order valence-electron chi connectivity index (χ4n) is 1.29. The Morgan fingerprint density at radius 1 is 1.47 bits per heavy atom. The second kappa shape index (κ2) is 6.66. The molecule has 0 saturated heterocycles. The highest BCUT2D eigenvalue weighted by molar-refractivity contribution is 7.13. The summed E-state index contributed by atoms with van der Waals surface area (Å²) in [5.74, 6) is 0.247. The van der Waals surface area contributed by atoms with Gasteiger partial charge in [0.25, 0.3) is 5.91 Å². The standard InChI is InChI=1S/C11H19N3O2S/c1-5-14(6-7-16-4)11(15)10-13-12-9(17-10)8(2)3/h8H,5-7H2,1-4H3. The third kappa shape index (κ3) is 3.74. The van der Waals surface area contributed by atoms with Crippen LogP contribution in [-0.2, 0) is 4.74 Å². The topological polar surface area (TPSA) is 55.3 Å². The third-order valence-electron chi connectivity index (χ3n) is 2.35. The maximum absolute atomic E-state index is 12.1. The minimum atomic E-state index is -0.0612. The molecule has 0 aliphatic carbocycles. The Kier molecular flexibility index (Phi) is 5.50. The number of hydrogen-bond acceptors (Lipinski definition) is 5. The summed E-state index contributed by atoms with van der Waals surface area (Å²) in [6.07, 6.45) is 0. The maximum atomic E-state index is 12.1. The van der Waals surface area contributed by atoms with Crippen LogP contribution in [0.3, 0.4) is 0 Å². The van der Waals surface area contributed by atoms with Gasteiger partial charge in [0.05, 0.1) is 6.61 Å². The van der Waals surface area contributed by atoms with Crippen molar-refractivity contribution in [2.24, 2.45) is 0 Å². The first-order chi connectivity index (χ1) is 8.10. The number of ether oxygens (including phenoxy) is 1. The van der Waals surface area contributed by atoms with E-state index in [9.17, 15) is 4.79 Å². The molecule has 1 heterocycles. The second-order valence-electron chi connectivity index (χ2n) is 3.98. The molecule has 0 radical (unpaired) electrons. The van der Waals surface area contributed by atoms with E-state index in [-0.39, 0.29) is 5.91 Å². The fraction of sp³-hybridized carbons (Fsp3) is 0.727. The van der Waals surface area contributed by atoms with Gasteiger partial charge in [0, 0.05) is 26.1 Å². The van der Waals surface area contributed by atoms with Gasteiger partial charge in [-0.25, -0.2) is 0 Å². The predicted molar refractivity (Wildman–Crippen MR) is 67.5 cm³/mol. The summed E-state index contributed by atoms with van der Waals surface area (Å²) in [6, 6.07) is 0. The average Bonchev–Trinajstić information content (AvgIpc) is 2.79. The van der Waals surface area contributed by atoms with Crippen LogP contribution in [0.25, 0.3) is 0 Å². The Labute approximate surface area is 106 Å². The Bertz CT molecular complexity index is 365. The molecule has 96 valence electrons. The Hall–Kier alpha value is -1.01. The predicted octanol–water partition coefficient (Wildman–Crippen LogP) is 1.77. The monoisotopic (exact) mass is 257 g/mol. The van der Waals surface area contributed by atoms with E-state index in [0.717, 1.165) is 5.01 Å². The van der Waals surface area contributed by atoms with Crippen LogP contribution < -0.4 is 0 Å². The molecule has 0 saturated carbocycles. The molecule has 5 nitrogen and oxygen atoms in total. The van der Waals surface area contributed by atoms with Crippen LogP contribution in [-0.4, -0.2) is 47.8 Å². The van der Waals surface area contributed by atoms with Crippen molar-refractivity contribution in [3.63, 3.8) is 0 Å². The van der Waals surface area contributed by atoms with Crippen molar-refractivity contribution >= 4 is 17.2 Å². The van der Waals surface area contributed by atoms with Crippen molar-refractivity contribution in [1.29, 1.82) is 0 Å². The van der Waals surface area contributed by atoms with Gasteiger partial charge in [0.1, 0.15) is 5.01 Å². The van der Waals surface area contributed by atoms with Gasteiger partial charge in [-0.2, -0.15) is 0 Å². The lowest BCUT2D eigenvalue weighted by Crippen LogP contribution is -2.33. The van der Waals surface area contributed by atoms with E-state index in [1.165, 1.54) is 11.3 Å². The molecule has 0 aliphatic rings. The zero-order chi connectivity index (χ0) is 12.8. The number of carbonyl (C=O) groups is 1. The fourth-order valence-corrected chi connectivity index (χ4v) is 2.11. The summed E-state index contributed by atoms with van der Waals surface area (Å²) in [5.41, 5.74) is 0. The number of hydrogen-bond donors (Lipinski definition) is 0. The number of carbonyl (C=O) groups excluding carboxylic acids is 1. The lowest BCUT2D eigenvalue weighted by atomic mass is 10.2. The van der Waals surface area contributed by atoms with Gasteiger partial charge in [-0.15, -0.1) is 10.2 Å². The van der Waals surface area contributed by atoms with Crippen molar-refractivity contribution in [2.45, 2.75) is 26.7 Å². The van der Waals surface area contributed by atoms with E-state index in [2.05, 4.69) is 10.2 Å². The summed E-state index contributed by atoms with van der Waals surface area (Å²) < 4.78 is 4.98. The van der Waals surface area contributed by atoms with Crippen LogP contribution in [0.15, 0.2) is 0 Å². The van der Waals surface area contributed by atoms with Gasteiger partial charge >= 0.3 is 0 Å². The Morgan fingerprint density at radius 2 is 2.18 bits per heavy atom. The molecular weight excluding hydrogens is 238 g/mol. The maximum Gasteiger partial charge on any atom is 0.284 e. The van der Waals surface area contributed by atoms with Crippen molar-refractivity contribution in [2.75, 3.05) is 26.8 Å². The molecule has 0 aliphatic heterocycles. The summed E-state index contributed by atoms with van der Waals surface area (Å²) in [4.78, 5) is 13.8. The quantitative estimate of drug-likeness (QED) is 0.779. The normalized spacial score (nSPS) is 10.9. The van der Waals surface area contributed by atoms with Gasteiger partial charge in [0.15, 0.2) is 0 Å². The molecule has 1 aromatic heterocycles.